The number of rotatable bonds is 2. The van der Waals surface area contributed by atoms with Gasteiger partial charge in [0.05, 0.1) is 18.2 Å². The van der Waals surface area contributed by atoms with E-state index in [9.17, 15) is 0 Å². The molecule has 2 aromatic rings. The van der Waals surface area contributed by atoms with Gasteiger partial charge >= 0.3 is 0 Å². The molecule has 5 nitrogen and oxygen atoms in total. The van der Waals surface area contributed by atoms with Gasteiger partial charge in [-0.15, -0.1) is 5.10 Å². The summed E-state index contributed by atoms with van der Waals surface area (Å²) < 4.78 is 7.13. The smallest absolute Gasteiger partial charge is 0.239 e. The first kappa shape index (κ1) is 13.2. The van der Waals surface area contributed by atoms with Crippen LogP contribution in [0.25, 0.3) is 0 Å². The number of hydrogen-bond acceptors (Lipinski definition) is 4. The fourth-order valence-corrected chi connectivity index (χ4v) is 3.19. The second-order valence-electron chi connectivity index (χ2n) is 5.11. The molecule has 1 aliphatic rings. The largest absolute Gasteiger partial charge is 0.495 e. The van der Waals surface area contributed by atoms with Gasteiger partial charge in [0, 0.05) is 12.3 Å². The monoisotopic (exact) mass is 292 g/mol. The van der Waals surface area contributed by atoms with Crippen LogP contribution in [-0.2, 0) is 6.42 Å². The molecule has 0 aliphatic carbocycles. The number of aromatic nitrogens is 3. The molecule has 2 unspecified atom stereocenters. The van der Waals surface area contributed by atoms with Gasteiger partial charge in [0.25, 0.3) is 0 Å². The van der Waals surface area contributed by atoms with Gasteiger partial charge in [0.2, 0.25) is 5.95 Å². The van der Waals surface area contributed by atoms with Crippen molar-refractivity contribution in [2.75, 3.05) is 12.8 Å². The number of nitrogens with two attached hydrogens (primary N) is 1. The van der Waals surface area contributed by atoms with E-state index in [1.807, 2.05) is 16.8 Å². The van der Waals surface area contributed by atoms with Crippen molar-refractivity contribution in [3.63, 3.8) is 0 Å². The van der Waals surface area contributed by atoms with Crippen LogP contribution in [0.3, 0.4) is 0 Å². The van der Waals surface area contributed by atoms with E-state index in [4.69, 9.17) is 22.1 Å². The van der Waals surface area contributed by atoms with Gasteiger partial charge in [-0.25, -0.2) is 4.68 Å². The molecule has 106 valence electrons. The van der Waals surface area contributed by atoms with Crippen molar-refractivity contribution < 1.29 is 4.74 Å². The number of ether oxygens (including phenoxy) is 1. The zero-order valence-electron chi connectivity index (χ0n) is 11.5. The lowest BCUT2D eigenvalue weighted by Crippen LogP contribution is -2.24. The molecule has 0 radical (unpaired) electrons. The van der Waals surface area contributed by atoms with E-state index in [2.05, 4.69) is 23.1 Å². The highest BCUT2D eigenvalue weighted by Crippen LogP contribution is 2.39. The summed E-state index contributed by atoms with van der Waals surface area (Å²) in [6.45, 7) is 2.14. The molecule has 2 atom stereocenters. The molecular weight excluding hydrogens is 276 g/mol. The van der Waals surface area contributed by atoms with Crippen molar-refractivity contribution in [3.05, 3.63) is 34.6 Å². The Kier molecular flexibility index (Phi) is 3.30. The number of benzene rings is 1. The zero-order valence-corrected chi connectivity index (χ0v) is 12.3. The molecule has 0 saturated carbocycles. The van der Waals surface area contributed by atoms with Crippen LogP contribution in [0.15, 0.2) is 18.2 Å². The maximum absolute atomic E-state index is 6.22. The third-order valence-electron chi connectivity index (χ3n) is 3.97. The predicted molar refractivity (Wildman–Crippen MR) is 78.2 cm³/mol. The minimum atomic E-state index is 0.216. The quantitative estimate of drug-likeness (QED) is 0.924. The first-order valence-corrected chi connectivity index (χ1v) is 7.02. The van der Waals surface area contributed by atoms with Gasteiger partial charge in [-0.2, -0.15) is 4.98 Å². The van der Waals surface area contributed by atoms with Crippen LogP contribution in [0.5, 0.6) is 5.75 Å². The highest BCUT2D eigenvalue weighted by molar-refractivity contribution is 6.32. The summed E-state index contributed by atoms with van der Waals surface area (Å²) in [5, 5.41) is 4.93. The maximum atomic E-state index is 6.22. The molecule has 0 amide bonds. The second kappa shape index (κ2) is 4.98. The SMILES string of the molecule is COc1ccc(C2CCc3nc(N)nn3C2C)cc1Cl. The van der Waals surface area contributed by atoms with E-state index in [0.717, 1.165) is 18.7 Å². The standard InChI is InChI=1S/C14H17ClN4O/c1-8-10(4-6-13-17-14(16)18-19(8)13)9-3-5-12(20-2)11(15)7-9/h3,5,7-8,10H,4,6H2,1-2H3,(H2,16,18). The highest BCUT2D eigenvalue weighted by Gasteiger charge is 2.29. The van der Waals surface area contributed by atoms with Crippen LogP contribution in [0.4, 0.5) is 5.95 Å². The molecule has 1 aliphatic heterocycles. The highest BCUT2D eigenvalue weighted by atomic mass is 35.5. The van der Waals surface area contributed by atoms with Gasteiger partial charge in [0.15, 0.2) is 0 Å². The Labute approximate surface area is 122 Å². The Hall–Kier alpha value is -1.75. The van der Waals surface area contributed by atoms with E-state index in [1.165, 1.54) is 5.56 Å². The molecular formula is C14H17ClN4O. The van der Waals surface area contributed by atoms with Gasteiger partial charge in [-0.1, -0.05) is 17.7 Å². The zero-order chi connectivity index (χ0) is 14.3. The summed E-state index contributed by atoms with van der Waals surface area (Å²) in [6, 6.07) is 6.17. The van der Waals surface area contributed by atoms with Crippen LogP contribution in [0.2, 0.25) is 5.02 Å². The number of fused-ring (bicyclic) bond motifs is 1. The average molecular weight is 293 g/mol. The third kappa shape index (κ3) is 2.12. The van der Waals surface area contributed by atoms with Crippen molar-refractivity contribution in [3.8, 4) is 5.75 Å². The fourth-order valence-electron chi connectivity index (χ4n) is 2.93. The molecule has 2 N–H and O–H groups in total. The van der Waals surface area contributed by atoms with Gasteiger partial charge in [-0.05, 0) is 31.0 Å². The Bertz CT molecular complexity index is 640. The van der Waals surface area contributed by atoms with Crippen molar-refractivity contribution >= 4 is 17.5 Å². The molecule has 0 bridgehead atoms. The second-order valence-corrected chi connectivity index (χ2v) is 5.52. The van der Waals surface area contributed by atoms with Gasteiger partial charge in [0.1, 0.15) is 11.6 Å². The number of anilines is 1. The first-order chi connectivity index (χ1) is 9.60. The van der Waals surface area contributed by atoms with E-state index in [1.54, 1.807) is 7.11 Å². The molecule has 2 heterocycles. The summed E-state index contributed by atoms with van der Waals surface area (Å²) in [5.74, 6) is 2.36. The van der Waals surface area contributed by atoms with E-state index in [-0.39, 0.29) is 6.04 Å². The Balaban J connectivity index is 1.94. The summed E-state index contributed by atoms with van der Waals surface area (Å²) >= 11 is 6.22. The lowest BCUT2D eigenvalue weighted by molar-refractivity contribution is 0.338. The summed E-state index contributed by atoms with van der Waals surface area (Å²) in [5.41, 5.74) is 6.88. The lowest BCUT2D eigenvalue weighted by atomic mass is 9.86. The van der Waals surface area contributed by atoms with E-state index in [0.29, 0.717) is 22.6 Å². The lowest BCUT2D eigenvalue weighted by Gasteiger charge is -2.30. The van der Waals surface area contributed by atoms with Crippen LogP contribution < -0.4 is 10.5 Å². The van der Waals surface area contributed by atoms with Crippen molar-refractivity contribution in [2.45, 2.75) is 31.7 Å². The predicted octanol–water partition coefficient (Wildman–Crippen LogP) is 2.81. The summed E-state index contributed by atoms with van der Waals surface area (Å²) in [7, 11) is 1.62. The molecule has 0 fully saturated rings. The maximum Gasteiger partial charge on any atom is 0.239 e. The van der Waals surface area contributed by atoms with Crippen LogP contribution in [0, 0.1) is 0 Å². The Morgan fingerprint density at radius 1 is 1.45 bits per heavy atom. The topological polar surface area (TPSA) is 66.0 Å². The Morgan fingerprint density at radius 3 is 2.95 bits per heavy atom. The third-order valence-corrected chi connectivity index (χ3v) is 4.26. The number of nitrogens with zero attached hydrogens (tertiary/aromatic N) is 3. The number of aryl methyl sites for hydroxylation is 1. The molecule has 3 rings (SSSR count). The molecule has 1 aromatic carbocycles. The van der Waals surface area contributed by atoms with Crippen LogP contribution in [0.1, 0.15) is 36.7 Å². The molecule has 20 heavy (non-hydrogen) atoms. The number of nitrogen functional groups attached to an aromatic ring is 1. The minimum absolute atomic E-state index is 0.216. The molecule has 0 spiro atoms. The first-order valence-electron chi connectivity index (χ1n) is 6.64. The van der Waals surface area contributed by atoms with Gasteiger partial charge < -0.3 is 10.5 Å². The van der Waals surface area contributed by atoms with Crippen molar-refractivity contribution in [2.24, 2.45) is 0 Å². The van der Waals surface area contributed by atoms with Crippen LogP contribution in [-0.4, -0.2) is 21.9 Å². The van der Waals surface area contributed by atoms with Crippen molar-refractivity contribution in [1.82, 2.24) is 14.8 Å². The molecule has 0 saturated heterocycles. The van der Waals surface area contributed by atoms with Gasteiger partial charge in [-0.3, -0.25) is 0 Å². The number of methoxy groups -OCH3 is 1. The summed E-state index contributed by atoms with van der Waals surface area (Å²) in [4.78, 5) is 4.26. The van der Waals surface area contributed by atoms with Crippen molar-refractivity contribution in [1.29, 1.82) is 0 Å². The average Bonchev–Trinajstić information content (AvgIpc) is 2.81. The molecule has 1 aromatic heterocycles. The van der Waals surface area contributed by atoms with E-state index < -0.39 is 0 Å². The molecule has 6 heteroatoms. The van der Waals surface area contributed by atoms with E-state index >= 15 is 0 Å². The minimum Gasteiger partial charge on any atom is -0.495 e. The number of hydrogen-bond donors (Lipinski definition) is 1. The number of halogens is 1. The fraction of sp³-hybridized carbons (Fsp3) is 0.429. The Morgan fingerprint density at radius 2 is 2.25 bits per heavy atom. The van der Waals surface area contributed by atoms with Crippen LogP contribution >= 0.6 is 11.6 Å². The summed E-state index contributed by atoms with van der Waals surface area (Å²) in [6.07, 6.45) is 1.89. The normalized spacial score (nSPS) is 21.6.